The highest BCUT2D eigenvalue weighted by molar-refractivity contribution is 6.09. The summed E-state index contributed by atoms with van der Waals surface area (Å²) in [5.74, 6) is -3.18. The summed E-state index contributed by atoms with van der Waals surface area (Å²) in [6.07, 6.45) is 6.82. The van der Waals surface area contributed by atoms with Crippen molar-refractivity contribution in [1.82, 2.24) is 0 Å². The smallest absolute Gasteiger partial charge is 0.334 e. The topological polar surface area (TPSA) is 116 Å². The molecule has 4 fully saturated rings. The fourth-order valence-electron chi connectivity index (χ4n) is 10.5. The number of carbonyl (C=O) groups excluding carboxylic acids is 4. The van der Waals surface area contributed by atoms with Crippen molar-refractivity contribution in [3.63, 3.8) is 0 Å². The normalized spacial score (nSPS) is 47.9. The van der Waals surface area contributed by atoms with Gasteiger partial charge in [-0.05, 0) is 60.0 Å². The Kier molecular flexibility index (Phi) is 5.75. The molecule has 2 heterocycles. The van der Waals surface area contributed by atoms with Crippen molar-refractivity contribution >= 4 is 23.7 Å². The molecule has 1 N–H and O–H groups in total. The molecule has 8 nitrogen and oxygen atoms in total. The highest BCUT2D eigenvalue weighted by atomic mass is 16.6. The molecule has 1 unspecified atom stereocenters. The molecule has 2 saturated heterocycles. The summed E-state index contributed by atoms with van der Waals surface area (Å²) >= 11 is 0. The van der Waals surface area contributed by atoms with E-state index in [1.54, 1.807) is 26.0 Å². The Hall–Kier alpha value is -3.26. The molecule has 7 aliphatic rings. The third kappa shape index (κ3) is 3.20. The Morgan fingerprint density at radius 1 is 1.14 bits per heavy atom. The molecular weight excluding hydrogens is 548 g/mol. The molecule has 43 heavy (non-hydrogen) atoms. The second kappa shape index (κ2) is 8.68. The zero-order valence-corrected chi connectivity index (χ0v) is 25.7. The largest absolute Gasteiger partial charge is 0.460 e. The van der Waals surface area contributed by atoms with Crippen LogP contribution < -0.4 is 0 Å². The SMILES string of the molecule is C=C1C(=O)O[C@H]2[C@H]1CC[C@@](C)(O)[C@]13C=C[C@@](C)([C@H]21)C1(C3)C(=O)O[C@@H]2[C@H]3C(C)=CC(=O)C3=C(C)C[C@H](OC(=O)/C(C)=C\C)[C@H]21. The number of carbonyl (C=O) groups is 4. The van der Waals surface area contributed by atoms with E-state index in [1.165, 1.54) is 0 Å². The molecule has 0 radical (unpaired) electrons. The summed E-state index contributed by atoms with van der Waals surface area (Å²) in [5.41, 5.74) is -1.13. The maximum absolute atomic E-state index is 14.7. The fraction of sp³-hybridized carbons (Fsp3) is 0.600. The van der Waals surface area contributed by atoms with E-state index in [0.717, 1.165) is 11.1 Å². The number of aliphatic hydroxyl groups is 1. The van der Waals surface area contributed by atoms with E-state index in [2.05, 4.69) is 6.58 Å². The predicted octanol–water partition coefficient (Wildman–Crippen LogP) is 4.48. The standard InChI is InChI=1S/C35H40O8/c1-8-16(2)29(37)41-22-14-18(4)23-21(36)13-17(3)24(23)27-25(22)35(31(39)43-27)15-34-12-11-32(35,6)28(34)26-20(9-10-33(34,7)40)19(5)30(38)42-26/h8,11-13,20,22,24-28,40H,5,9-10,14-15H2,1-4,6-7H3/b16-8-/t20-,22-,24-,25+,26-,27+,28-,32-,33+,34-,35?/m0/s1. The third-order valence-corrected chi connectivity index (χ3v) is 12.7. The van der Waals surface area contributed by atoms with Crippen LogP contribution in [-0.2, 0) is 33.4 Å². The Balaban J connectivity index is 1.44. The molecule has 1 spiro atoms. The summed E-state index contributed by atoms with van der Waals surface area (Å²) in [6.45, 7) is 15.1. The van der Waals surface area contributed by atoms with Crippen molar-refractivity contribution in [2.24, 2.45) is 39.9 Å². The van der Waals surface area contributed by atoms with Gasteiger partial charge in [-0.3, -0.25) is 9.59 Å². The third-order valence-electron chi connectivity index (χ3n) is 12.7. The number of allylic oxidation sites excluding steroid dienone is 3. The monoisotopic (exact) mass is 588 g/mol. The van der Waals surface area contributed by atoms with Crippen molar-refractivity contribution in [3.05, 3.63) is 58.7 Å². The van der Waals surface area contributed by atoms with Gasteiger partial charge in [0.05, 0.1) is 16.9 Å². The maximum atomic E-state index is 14.7. The Morgan fingerprint density at radius 3 is 2.56 bits per heavy atom. The van der Waals surface area contributed by atoms with Gasteiger partial charge in [-0.15, -0.1) is 0 Å². The summed E-state index contributed by atoms with van der Waals surface area (Å²) in [7, 11) is 0. The maximum Gasteiger partial charge on any atom is 0.334 e. The molecule has 0 amide bonds. The van der Waals surface area contributed by atoms with Crippen LogP contribution >= 0.6 is 0 Å². The van der Waals surface area contributed by atoms with Gasteiger partial charge in [0.1, 0.15) is 18.3 Å². The number of esters is 3. The first kappa shape index (κ1) is 28.5. The van der Waals surface area contributed by atoms with Crippen LogP contribution in [0.3, 0.4) is 0 Å². The lowest BCUT2D eigenvalue weighted by Gasteiger charge is -2.46. The molecule has 0 aromatic rings. The number of fused-ring (bicyclic) bond motifs is 6. The lowest BCUT2D eigenvalue weighted by Crippen LogP contribution is -2.53. The summed E-state index contributed by atoms with van der Waals surface area (Å²) in [6, 6.07) is 0. The van der Waals surface area contributed by atoms with Crippen molar-refractivity contribution in [2.45, 2.75) is 91.1 Å². The molecule has 2 bridgehead atoms. The first-order valence-electron chi connectivity index (χ1n) is 15.4. The number of hydrogen-bond acceptors (Lipinski definition) is 8. The van der Waals surface area contributed by atoms with Gasteiger partial charge in [0, 0.05) is 51.7 Å². The van der Waals surface area contributed by atoms with Gasteiger partial charge in [0.15, 0.2) is 5.78 Å². The van der Waals surface area contributed by atoms with E-state index >= 15 is 0 Å². The molecule has 228 valence electrons. The Bertz CT molecular complexity index is 1540. The summed E-state index contributed by atoms with van der Waals surface area (Å²) < 4.78 is 18.8. The molecule has 5 aliphatic carbocycles. The van der Waals surface area contributed by atoms with Gasteiger partial charge in [-0.25, -0.2) is 9.59 Å². The lowest BCUT2D eigenvalue weighted by atomic mass is 9.54. The number of rotatable bonds is 2. The second-order valence-electron chi connectivity index (χ2n) is 14.5. The van der Waals surface area contributed by atoms with Gasteiger partial charge < -0.3 is 19.3 Å². The van der Waals surface area contributed by atoms with E-state index in [-0.39, 0.29) is 24.5 Å². The van der Waals surface area contributed by atoms with Crippen molar-refractivity contribution in [1.29, 1.82) is 0 Å². The van der Waals surface area contributed by atoms with E-state index in [1.807, 2.05) is 39.8 Å². The van der Waals surface area contributed by atoms with Gasteiger partial charge in [0.2, 0.25) is 0 Å². The molecule has 2 aliphatic heterocycles. The molecule has 2 saturated carbocycles. The number of hydrogen-bond donors (Lipinski definition) is 1. The van der Waals surface area contributed by atoms with Crippen LogP contribution in [0.1, 0.15) is 67.2 Å². The van der Waals surface area contributed by atoms with Gasteiger partial charge in [0.25, 0.3) is 0 Å². The average Bonchev–Trinajstić information content (AvgIpc) is 3.62. The zero-order chi connectivity index (χ0) is 31.0. The Labute approximate surface area is 251 Å². The molecule has 0 aromatic carbocycles. The fourth-order valence-corrected chi connectivity index (χ4v) is 10.5. The first-order valence-corrected chi connectivity index (χ1v) is 15.4. The van der Waals surface area contributed by atoms with Gasteiger partial charge >= 0.3 is 17.9 Å². The summed E-state index contributed by atoms with van der Waals surface area (Å²) in [4.78, 5) is 54.2. The molecular formula is C35H40O8. The molecule has 7 rings (SSSR count). The Morgan fingerprint density at radius 2 is 1.86 bits per heavy atom. The quantitative estimate of drug-likeness (QED) is 0.217. The van der Waals surface area contributed by atoms with Crippen molar-refractivity contribution in [3.8, 4) is 0 Å². The van der Waals surface area contributed by atoms with E-state index < -0.39 is 75.8 Å². The van der Waals surface area contributed by atoms with Crippen molar-refractivity contribution < 1.29 is 38.5 Å². The van der Waals surface area contributed by atoms with Crippen LogP contribution in [0, 0.1) is 39.9 Å². The van der Waals surface area contributed by atoms with Crippen LogP contribution in [0.2, 0.25) is 0 Å². The second-order valence-corrected chi connectivity index (χ2v) is 14.5. The minimum Gasteiger partial charge on any atom is -0.460 e. The lowest BCUT2D eigenvalue weighted by molar-refractivity contribution is -0.159. The molecule has 0 aromatic heterocycles. The van der Waals surface area contributed by atoms with Crippen LogP contribution in [0.25, 0.3) is 0 Å². The van der Waals surface area contributed by atoms with Crippen molar-refractivity contribution in [2.75, 3.05) is 0 Å². The number of ketones is 1. The average molecular weight is 589 g/mol. The number of ether oxygens (including phenoxy) is 3. The minimum absolute atomic E-state index is 0.0997. The van der Waals surface area contributed by atoms with E-state index in [0.29, 0.717) is 29.6 Å². The van der Waals surface area contributed by atoms with Crippen LogP contribution in [0.15, 0.2) is 58.7 Å². The van der Waals surface area contributed by atoms with E-state index in [4.69, 9.17) is 14.2 Å². The highest BCUT2D eigenvalue weighted by Crippen LogP contribution is 2.80. The van der Waals surface area contributed by atoms with Crippen LogP contribution in [0.4, 0.5) is 0 Å². The minimum atomic E-state index is -1.22. The van der Waals surface area contributed by atoms with E-state index in [9.17, 15) is 24.3 Å². The van der Waals surface area contributed by atoms with Crippen LogP contribution in [-0.4, -0.2) is 52.7 Å². The van der Waals surface area contributed by atoms with Gasteiger partial charge in [-0.1, -0.05) is 42.9 Å². The van der Waals surface area contributed by atoms with Gasteiger partial charge in [-0.2, -0.15) is 0 Å². The summed E-state index contributed by atoms with van der Waals surface area (Å²) in [5, 5.41) is 12.3. The molecule has 11 atom stereocenters. The highest BCUT2D eigenvalue weighted by Gasteiger charge is 2.84. The van der Waals surface area contributed by atoms with Crippen LogP contribution in [0.5, 0.6) is 0 Å². The molecule has 8 heteroatoms. The zero-order valence-electron chi connectivity index (χ0n) is 25.7. The first-order chi connectivity index (χ1) is 20.1. The predicted molar refractivity (Wildman–Crippen MR) is 155 cm³/mol.